The SMILES string of the molecule is CC(C)(C)c1cc(C(N(CCCc2ccccc2)C(=O)C(F)(F)C(F)(F)C(F)(F)F)P(=O)(O)O)cc(C(C)(C)C)c1O. The maximum Gasteiger partial charge on any atom is 0.460 e. The molecule has 2 rings (SSSR count). The minimum atomic E-state index is -6.85. The zero-order valence-corrected chi connectivity index (χ0v) is 24.8. The molecule has 1 unspecified atom stereocenters. The second-order valence-electron chi connectivity index (χ2n) is 12.2. The number of hydrogen-bond donors (Lipinski definition) is 3. The third-order valence-corrected chi connectivity index (χ3v) is 7.86. The van der Waals surface area contributed by atoms with Crippen molar-refractivity contribution in [2.75, 3.05) is 6.54 Å². The van der Waals surface area contributed by atoms with Gasteiger partial charge in [-0.15, -0.1) is 0 Å². The van der Waals surface area contributed by atoms with Gasteiger partial charge in [-0.3, -0.25) is 9.36 Å². The molecule has 0 aliphatic rings. The van der Waals surface area contributed by atoms with Crippen LogP contribution in [-0.4, -0.2) is 50.3 Å². The first-order chi connectivity index (χ1) is 18.7. The first-order valence-corrected chi connectivity index (χ1v) is 14.5. The van der Waals surface area contributed by atoms with E-state index in [0.717, 1.165) is 12.1 Å². The molecule has 2 aromatic rings. The van der Waals surface area contributed by atoms with Crippen LogP contribution in [0.5, 0.6) is 5.75 Å². The Morgan fingerprint density at radius 3 is 1.69 bits per heavy atom. The van der Waals surface area contributed by atoms with Crippen LogP contribution < -0.4 is 0 Å². The number of rotatable bonds is 9. The fourth-order valence-corrected chi connectivity index (χ4v) is 5.55. The molecule has 0 aliphatic heterocycles. The Hall–Kier alpha value is -2.63. The molecule has 0 radical (unpaired) electrons. The van der Waals surface area contributed by atoms with E-state index >= 15 is 0 Å². The summed E-state index contributed by atoms with van der Waals surface area (Å²) >= 11 is 0. The van der Waals surface area contributed by atoms with Gasteiger partial charge in [0.1, 0.15) is 5.75 Å². The van der Waals surface area contributed by atoms with Gasteiger partial charge in [0.15, 0.2) is 5.78 Å². The molecule has 236 valence electrons. The smallest absolute Gasteiger partial charge is 0.460 e. The summed E-state index contributed by atoms with van der Waals surface area (Å²) in [5, 5.41) is 11.0. The van der Waals surface area contributed by atoms with Gasteiger partial charge >= 0.3 is 31.5 Å². The summed E-state index contributed by atoms with van der Waals surface area (Å²) in [4.78, 5) is 33.4. The number of nitrogens with zero attached hydrogens (tertiary/aromatic N) is 1. The van der Waals surface area contributed by atoms with Crippen LogP contribution in [-0.2, 0) is 26.6 Å². The lowest BCUT2D eigenvalue weighted by Gasteiger charge is -2.38. The highest BCUT2D eigenvalue weighted by atomic mass is 31.2. The number of benzene rings is 2. The average molecular weight is 630 g/mol. The fourth-order valence-electron chi connectivity index (χ4n) is 4.43. The second kappa shape index (κ2) is 11.8. The Kier molecular flexibility index (Phi) is 10.00. The summed E-state index contributed by atoms with van der Waals surface area (Å²) < 4.78 is 110. The Morgan fingerprint density at radius 2 is 1.31 bits per heavy atom. The van der Waals surface area contributed by atoms with E-state index in [1.165, 1.54) is 0 Å². The number of alkyl halides is 7. The van der Waals surface area contributed by atoms with Crippen LogP contribution >= 0.6 is 7.60 Å². The van der Waals surface area contributed by atoms with E-state index in [2.05, 4.69) is 0 Å². The lowest BCUT2D eigenvalue weighted by Crippen LogP contribution is -2.60. The highest BCUT2D eigenvalue weighted by molar-refractivity contribution is 7.52. The molecule has 0 heterocycles. The van der Waals surface area contributed by atoms with Gasteiger partial charge in [-0.1, -0.05) is 71.9 Å². The Balaban J connectivity index is 2.86. The number of phenolic OH excluding ortho intramolecular Hbond substituents is 1. The number of aryl methyl sites for hydroxylation is 1. The van der Waals surface area contributed by atoms with Gasteiger partial charge in [0.25, 0.3) is 0 Å². The van der Waals surface area contributed by atoms with Crippen LogP contribution in [0, 0.1) is 0 Å². The quantitative estimate of drug-likeness (QED) is 0.198. The number of hydrogen-bond acceptors (Lipinski definition) is 3. The van der Waals surface area contributed by atoms with Crippen molar-refractivity contribution < 1.29 is 55.0 Å². The number of carbonyl (C=O) groups excluding carboxylic acids is 1. The summed E-state index contributed by atoms with van der Waals surface area (Å²) in [6.07, 6.45) is -7.16. The van der Waals surface area contributed by atoms with E-state index in [4.69, 9.17) is 0 Å². The Labute approximate surface area is 239 Å². The van der Waals surface area contributed by atoms with E-state index in [1.54, 1.807) is 71.9 Å². The number of carbonyl (C=O) groups is 1. The van der Waals surface area contributed by atoms with E-state index in [1.807, 2.05) is 0 Å². The Bertz CT molecular complexity index is 1280. The molecule has 0 saturated carbocycles. The summed E-state index contributed by atoms with van der Waals surface area (Å²) in [5.74, 6) is -19.3. The number of aromatic hydroxyl groups is 1. The van der Waals surface area contributed by atoms with Crippen molar-refractivity contribution in [3.63, 3.8) is 0 Å². The minimum absolute atomic E-state index is 0.00972. The Morgan fingerprint density at radius 1 is 0.857 bits per heavy atom. The van der Waals surface area contributed by atoms with Crippen molar-refractivity contribution >= 4 is 13.5 Å². The predicted octanol–water partition coefficient (Wildman–Crippen LogP) is 7.46. The number of halogens is 7. The van der Waals surface area contributed by atoms with Crippen LogP contribution in [0.4, 0.5) is 30.7 Å². The molecular weight excluding hydrogens is 594 g/mol. The van der Waals surface area contributed by atoms with Gasteiger partial charge in [0, 0.05) is 6.54 Å². The third-order valence-electron chi connectivity index (χ3n) is 6.65. The summed E-state index contributed by atoms with van der Waals surface area (Å²) in [5.41, 5.74) is -1.63. The molecule has 1 amide bonds. The average Bonchev–Trinajstić information content (AvgIpc) is 2.81. The van der Waals surface area contributed by atoms with Gasteiger partial charge in [0.2, 0.25) is 0 Å². The molecular formula is C28H35F7NO5P. The molecule has 0 spiro atoms. The number of amides is 1. The first-order valence-electron chi connectivity index (χ1n) is 12.8. The van der Waals surface area contributed by atoms with Crippen molar-refractivity contribution in [3.05, 3.63) is 64.7 Å². The van der Waals surface area contributed by atoms with Gasteiger partial charge < -0.3 is 19.8 Å². The topological polar surface area (TPSA) is 98.1 Å². The molecule has 0 fully saturated rings. The highest BCUT2D eigenvalue weighted by Crippen LogP contribution is 2.57. The predicted molar refractivity (Wildman–Crippen MR) is 143 cm³/mol. The van der Waals surface area contributed by atoms with Crippen molar-refractivity contribution in [3.8, 4) is 5.75 Å². The second-order valence-corrected chi connectivity index (χ2v) is 13.8. The van der Waals surface area contributed by atoms with Crippen LogP contribution in [0.3, 0.4) is 0 Å². The van der Waals surface area contributed by atoms with Crippen molar-refractivity contribution in [1.29, 1.82) is 0 Å². The molecule has 6 nitrogen and oxygen atoms in total. The maximum absolute atomic E-state index is 14.8. The summed E-state index contributed by atoms with van der Waals surface area (Å²) in [6, 6.07) is 10.2. The zero-order chi connectivity index (χ0) is 32.7. The largest absolute Gasteiger partial charge is 0.507 e. The fraction of sp³-hybridized carbons (Fsp3) is 0.536. The minimum Gasteiger partial charge on any atom is -0.507 e. The van der Waals surface area contributed by atoms with Crippen LogP contribution in [0.2, 0.25) is 0 Å². The lowest BCUT2D eigenvalue weighted by atomic mass is 9.78. The normalized spacial score (nSPS) is 14.5. The molecule has 0 aromatic heterocycles. The third kappa shape index (κ3) is 7.47. The molecule has 0 saturated heterocycles. The van der Waals surface area contributed by atoms with Crippen LogP contribution in [0.25, 0.3) is 0 Å². The lowest BCUT2D eigenvalue weighted by molar-refractivity contribution is -0.346. The highest BCUT2D eigenvalue weighted by Gasteiger charge is 2.77. The molecule has 0 bridgehead atoms. The molecule has 2 aromatic carbocycles. The summed E-state index contributed by atoms with van der Waals surface area (Å²) in [6.45, 7) is 8.69. The van der Waals surface area contributed by atoms with E-state index in [0.29, 0.717) is 5.56 Å². The molecule has 0 aliphatic carbocycles. The molecule has 1 atom stereocenters. The standard InChI is InChI=1S/C28H35F7NO5P/c1-24(2,3)19-15-18(16-20(21(19)37)25(4,5)6)22(42(39,40)41)36(14-10-13-17-11-8-7-9-12-17)23(38)26(29,30)27(31,32)28(33,34)35/h7-9,11-12,15-16,22,37H,10,13-14H2,1-6H3,(H2,39,40,41). The van der Waals surface area contributed by atoms with Gasteiger partial charge in [-0.2, -0.15) is 30.7 Å². The van der Waals surface area contributed by atoms with E-state index in [9.17, 15) is 55.0 Å². The van der Waals surface area contributed by atoms with E-state index in [-0.39, 0.29) is 34.6 Å². The molecule has 14 heteroatoms. The van der Waals surface area contributed by atoms with E-state index < -0.39 is 60.2 Å². The van der Waals surface area contributed by atoms with Gasteiger partial charge in [-0.05, 0) is 58.1 Å². The van der Waals surface area contributed by atoms with Crippen molar-refractivity contribution in [1.82, 2.24) is 4.90 Å². The van der Waals surface area contributed by atoms with Crippen LogP contribution in [0.1, 0.15) is 76.0 Å². The number of phenols is 1. The zero-order valence-electron chi connectivity index (χ0n) is 23.9. The summed E-state index contributed by atoms with van der Waals surface area (Å²) in [7, 11) is -5.78. The molecule has 42 heavy (non-hydrogen) atoms. The first kappa shape index (κ1) is 35.6. The maximum atomic E-state index is 14.8. The van der Waals surface area contributed by atoms with Crippen molar-refractivity contribution in [2.45, 2.75) is 89.0 Å². The van der Waals surface area contributed by atoms with Gasteiger partial charge in [-0.25, -0.2) is 0 Å². The monoisotopic (exact) mass is 629 g/mol. The molecule has 3 N–H and O–H groups in total. The van der Waals surface area contributed by atoms with Gasteiger partial charge in [0.05, 0.1) is 0 Å². The van der Waals surface area contributed by atoms with Crippen molar-refractivity contribution in [2.24, 2.45) is 0 Å². The van der Waals surface area contributed by atoms with Crippen LogP contribution in [0.15, 0.2) is 42.5 Å².